The SMILES string of the molecule is COc1ccc(C2CC(=O)CCC2[N+](=O)[O-])c(OC)c1. The van der Waals surface area contributed by atoms with E-state index >= 15 is 0 Å². The van der Waals surface area contributed by atoms with Gasteiger partial charge in [0.15, 0.2) is 0 Å². The summed E-state index contributed by atoms with van der Waals surface area (Å²) in [6.45, 7) is 0. The van der Waals surface area contributed by atoms with Crippen molar-refractivity contribution in [3.63, 3.8) is 0 Å². The number of carbonyl (C=O) groups is 1. The van der Waals surface area contributed by atoms with Crippen molar-refractivity contribution in [3.05, 3.63) is 33.9 Å². The second-order valence-corrected chi connectivity index (χ2v) is 4.85. The van der Waals surface area contributed by atoms with Crippen molar-refractivity contribution < 1.29 is 19.2 Å². The van der Waals surface area contributed by atoms with Crippen molar-refractivity contribution in [2.45, 2.75) is 31.2 Å². The maximum Gasteiger partial charge on any atom is 0.220 e. The smallest absolute Gasteiger partial charge is 0.220 e. The molecule has 2 rings (SSSR count). The third-order valence-electron chi connectivity index (χ3n) is 3.74. The number of Topliss-reactive ketones (excluding diaryl/α,β-unsaturated/α-hetero) is 1. The van der Waals surface area contributed by atoms with Gasteiger partial charge < -0.3 is 9.47 Å². The number of benzene rings is 1. The number of hydrogen-bond acceptors (Lipinski definition) is 5. The largest absolute Gasteiger partial charge is 0.497 e. The summed E-state index contributed by atoms with van der Waals surface area (Å²) in [5.74, 6) is 0.763. The van der Waals surface area contributed by atoms with Gasteiger partial charge in [-0.2, -0.15) is 0 Å². The molecule has 1 aromatic rings. The van der Waals surface area contributed by atoms with E-state index < -0.39 is 12.0 Å². The molecule has 6 heteroatoms. The lowest BCUT2D eigenvalue weighted by molar-refractivity contribution is -0.528. The molecule has 0 heterocycles. The number of hydrogen-bond donors (Lipinski definition) is 0. The summed E-state index contributed by atoms with van der Waals surface area (Å²) >= 11 is 0. The van der Waals surface area contributed by atoms with Crippen LogP contribution in [0.1, 0.15) is 30.7 Å². The van der Waals surface area contributed by atoms with Crippen LogP contribution in [0.25, 0.3) is 0 Å². The number of nitro groups is 1. The average Bonchev–Trinajstić information content (AvgIpc) is 2.46. The normalized spacial score (nSPS) is 22.4. The van der Waals surface area contributed by atoms with E-state index in [4.69, 9.17) is 9.47 Å². The molecule has 0 N–H and O–H groups in total. The molecule has 1 aliphatic rings. The van der Waals surface area contributed by atoms with Crippen LogP contribution in [-0.2, 0) is 4.79 Å². The molecule has 0 radical (unpaired) electrons. The van der Waals surface area contributed by atoms with E-state index in [2.05, 4.69) is 0 Å². The van der Waals surface area contributed by atoms with Crippen LogP contribution in [0.5, 0.6) is 11.5 Å². The van der Waals surface area contributed by atoms with Gasteiger partial charge in [0.25, 0.3) is 0 Å². The van der Waals surface area contributed by atoms with Crippen molar-refractivity contribution in [2.75, 3.05) is 14.2 Å². The summed E-state index contributed by atoms with van der Waals surface area (Å²) in [4.78, 5) is 22.6. The maximum absolute atomic E-state index is 11.6. The van der Waals surface area contributed by atoms with E-state index in [-0.39, 0.29) is 30.0 Å². The number of methoxy groups -OCH3 is 2. The van der Waals surface area contributed by atoms with Crippen LogP contribution < -0.4 is 9.47 Å². The number of ketones is 1. The van der Waals surface area contributed by atoms with Gasteiger partial charge in [-0.1, -0.05) is 6.07 Å². The van der Waals surface area contributed by atoms with Gasteiger partial charge in [-0.25, -0.2) is 0 Å². The highest BCUT2D eigenvalue weighted by atomic mass is 16.6. The van der Waals surface area contributed by atoms with Gasteiger partial charge in [-0.15, -0.1) is 0 Å². The zero-order valence-electron chi connectivity index (χ0n) is 11.5. The Morgan fingerprint density at radius 2 is 2.05 bits per heavy atom. The molecule has 0 amide bonds. The van der Waals surface area contributed by atoms with Crippen molar-refractivity contribution in [2.24, 2.45) is 0 Å². The standard InChI is InChI=1S/C14H17NO5/c1-19-10-4-5-11(14(8-10)20-2)12-7-9(16)3-6-13(12)15(17)18/h4-5,8,12-13H,3,6-7H2,1-2H3. The molecule has 2 unspecified atom stereocenters. The summed E-state index contributed by atoms with van der Waals surface area (Å²) in [5.41, 5.74) is 0.697. The first-order chi connectivity index (χ1) is 9.56. The molecule has 20 heavy (non-hydrogen) atoms. The Labute approximate surface area is 116 Å². The second kappa shape index (κ2) is 5.90. The fourth-order valence-corrected chi connectivity index (χ4v) is 2.69. The minimum atomic E-state index is -0.741. The van der Waals surface area contributed by atoms with Crippen LogP contribution in [0.4, 0.5) is 0 Å². The highest BCUT2D eigenvalue weighted by molar-refractivity contribution is 5.80. The minimum absolute atomic E-state index is 0.0611. The molecule has 0 spiro atoms. The zero-order chi connectivity index (χ0) is 14.7. The zero-order valence-corrected chi connectivity index (χ0v) is 11.5. The molecule has 1 saturated carbocycles. The number of ether oxygens (including phenoxy) is 2. The van der Waals surface area contributed by atoms with E-state index in [0.29, 0.717) is 17.1 Å². The Hall–Kier alpha value is -2.11. The van der Waals surface area contributed by atoms with Gasteiger partial charge in [0.2, 0.25) is 6.04 Å². The number of nitrogens with zero attached hydrogens (tertiary/aromatic N) is 1. The van der Waals surface area contributed by atoms with E-state index in [0.717, 1.165) is 0 Å². The van der Waals surface area contributed by atoms with Gasteiger partial charge >= 0.3 is 0 Å². The number of rotatable bonds is 4. The third-order valence-corrected chi connectivity index (χ3v) is 3.74. The van der Waals surface area contributed by atoms with Gasteiger partial charge in [-0.05, 0) is 6.07 Å². The molecule has 0 saturated heterocycles. The Morgan fingerprint density at radius 3 is 2.65 bits per heavy atom. The van der Waals surface area contributed by atoms with Gasteiger partial charge in [0.05, 0.1) is 20.1 Å². The quantitative estimate of drug-likeness (QED) is 0.623. The maximum atomic E-state index is 11.6. The Kier molecular flexibility index (Phi) is 4.22. The van der Waals surface area contributed by atoms with Crippen molar-refractivity contribution >= 4 is 5.78 Å². The van der Waals surface area contributed by atoms with E-state index in [1.807, 2.05) is 0 Å². The van der Waals surface area contributed by atoms with E-state index in [1.54, 1.807) is 25.3 Å². The summed E-state index contributed by atoms with van der Waals surface area (Å²) < 4.78 is 10.4. The van der Waals surface area contributed by atoms with Crippen molar-refractivity contribution in [3.8, 4) is 11.5 Å². The average molecular weight is 279 g/mol. The Balaban J connectivity index is 2.40. The van der Waals surface area contributed by atoms with Crippen molar-refractivity contribution in [1.82, 2.24) is 0 Å². The van der Waals surface area contributed by atoms with Gasteiger partial charge in [-0.3, -0.25) is 14.9 Å². The molecule has 6 nitrogen and oxygen atoms in total. The molecule has 1 aromatic carbocycles. The topological polar surface area (TPSA) is 78.7 Å². The summed E-state index contributed by atoms with van der Waals surface area (Å²) in [5, 5.41) is 11.2. The van der Waals surface area contributed by atoms with Crippen LogP contribution >= 0.6 is 0 Å². The van der Waals surface area contributed by atoms with Crippen LogP contribution in [-0.4, -0.2) is 31.0 Å². The van der Waals surface area contributed by atoms with Crippen LogP contribution in [0, 0.1) is 10.1 Å². The summed E-state index contributed by atoms with van der Waals surface area (Å²) in [6.07, 6.45) is 0.751. The minimum Gasteiger partial charge on any atom is -0.497 e. The van der Waals surface area contributed by atoms with Gasteiger partial charge in [0.1, 0.15) is 17.3 Å². The van der Waals surface area contributed by atoms with E-state index in [1.165, 1.54) is 7.11 Å². The lowest BCUT2D eigenvalue weighted by Gasteiger charge is -2.26. The summed E-state index contributed by atoms with van der Waals surface area (Å²) in [6, 6.07) is 4.42. The van der Waals surface area contributed by atoms with Crippen LogP contribution in [0.2, 0.25) is 0 Å². The molecule has 1 aliphatic carbocycles. The number of carbonyl (C=O) groups excluding carboxylic acids is 1. The predicted molar refractivity (Wildman–Crippen MR) is 71.9 cm³/mol. The Morgan fingerprint density at radius 1 is 1.30 bits per heavy atom. The van der Waals surface area contributed by atoms with Gasteiger partial charge in [0, 0.05) is 35.8 Å². The Bertz CT molecular complexity index is 528. The predicted octanol–water partition coefficient (Wildman–Crippen LogP) is 2.19. The lowest BCUT2D eigenvalue weighted by atomic mass is 9.79. The van der Waals surface area contributed by atoms with Crippen LogP contribution in [0.15, 0.2) is 18.2 Å². The van der Waals surface area contributed by atoms with E-state index in [9.17, 15) is 14.9 Å². The summed E-state index contributed by atoms with van der Waals surface area (Å²) in [7, 11) is 3.04. The monoisotopic (exact) mass is 279 g/mol. The molecular weight excluding hydrogens is 262 g/mol. The molecule has 0 bridgehead atoms. The molecule has 0 aliphatic heterocycles. The first-order valence-corrected chi connectivity index (χ1v) is 6.44. The molecular formula is C14H17NO5. The molecule has 108 valence electrons. The van der Waals surface area contributed by atoms with Crippen LogP contribution in [0.3, 0.4) is 0 Å². The highest BCUT2D eigenvalue weighted by Crippen LogP contribution is 2.39. The second-order valence-electron chi connectivity index (χ2n) is 4.85. The first-order valence-electron chi connectivity index (χ1n) is 6.44. The fourth-order valence-electron chi connectivity index (χ4n) is 2.69. The molecule has 0 aromatic heterocycles. The third kappa shape index (κ3) is 2.74. The molecule has 2 atom stereocenters. The van der Waals surface area contributed by atoms with Crippen molar-refractivity contribution in [1.29, 1.82) is 0 Å². The molecule has 1 fully saturated rings. The fraction of sp³-hybridized carbons (Fsp3) is 0.500. The first kappa shape index (κ1) is 14.3. The highest BCUT2D eigenvalue weighted by Gasteiger charge is 2.39. The lowest BCUT2D eigenvalue weighted by Crippen LogP contribution is -2.34.